The molecule has 0 bridgehead atoms. The van der Waals surface area contributed by atoms with Crippen LogP contribution in [0.15, 0.2) is 206 Å². The normalized spacial score (nSPS) is 12.2. The van der Waals surface area contributed by atoms with Crippen molar-refractivity contribution < 1.29 is 0 Å². The van der Waals surface area contributed by atoms with Gasteiger partial charge in [-0.15, -0.1) is 22.7 Å². The van der Waals surface area contributed by atoms with E-state index in [1.165, 1.54) is 105 Å². The fourth-order valence-electron chi connectivity index (χ4n) is 11.0. The van der Waals surface area contributed by atoms with E-state index in [0.717, 1.165) is 45.2 Å². The Kier molecular flexibility index (Phi) is 8.03. The van der Waals surface area contributed by atoms with Gasteiger partial charge in [-0.05, 0) is 111 Å². The summed E-state index contributed by atoms with van der Waals surface area (Å²) in [5.74, 6) is 0.718. The molecule has 0 aliphatic carbocycles. The zero-order chi connectivity index (χ0) is 44.6. The first-order chi connectivity index (χ1) is 33.6. The summed E-state index contributed by atoms with van der Waals surface area (Å²) < 4.78 is 7.55. The highest BCUT2D eigenvalue weighted by Gasteiger charge is 2.26. The fraction of sp³-hybridized carbons (Fsp3) is 0.0159. The van der Waals surface area contributed by atoms with Crippen LogP contribution in [0.5, 0.6) is 0 Å². The molecule has 0 N–H and O–H groups in total. The standard InChI is InChI=1S/C63H37N3S2/c1-36-59(45-26-25-37-13-2-3-14-38(37)29-45)64-63(48-22-12-24-56-58(48)47-21-10-11-23-55(47)67-56)65-60(36)49-28-27-46-52-32-41-17-6-9-20-44(41)35-57(52)68-62(46)61(49)66-53-33-42-18-7-4-15-39(42)30-50(53)51-31-40-16-5-8-19-43(40)34-54(51)66/h2-35H,1H3. The Hall–Kier alpha value is -8.22. The van der Waals surface area contributed by atoms with Gasteiger partial charge in [-0.1, -0.05) is 146 Å². The molecular formula is C63H37N3S2. The van der Waals surface area contributed by atoms with Crippen LogP contribution >= 0.6 is 22.7 Å². The van der Waals surface area contributed by atoms with Crippen LogP contribution in [0, 0.1) is 6.92 Å². The monoisotopic (exact) mass is 899 g/mol. The van der Waals surface area contributed by atoms with Gasteiger partial charge in [0.15, 0.2) is 5.82 Å². The van der Waals surface area contributed by atoms with Gasteiger partial charge in [0.2, 0.25) is 0 Å². The van der Waals surface area contributed by atoms with Crippen LogP contribution in [-0.4, -0.2) is 14.5 Å². The van der Waals surface area contributed by atoms with E-state index in [2.05, 4.69) is 218 Å². The van der Waals surface area contributed by atoms with Crippen molar-refractivity contribution in [3.63, 3.8) is 0 Å². The second-order valence-electron chi connectivity index (χ2n) is 18.1. The maximum atomic E-state index is 5.82. The van der Waals surface area contributed by atoms with Crippen LogP contribution in [-0.2, 0) is 0 Å². The number of fused-ring (bicyclic) bond motifs is 13. The molecule has 0 radical (unpaired) electrons. The number of hydrogen-bond acceptors (Lipinski definition) is 4. The zero-order valence-corrected chi connectivity index (χ0v) is 38.4. The molecule has 4 heterocycles. The second-order valence-corrected chi connectivity index (χ2v) is 20.2. The molecule has 68 heavy (non-hydrogen) atoms. The maximum Gasteiger partial charge on any atom is 0.161 e. The predicted octanol–water partition coefficient (Wildman–Crippen LogP) is 18.2. The molecule has 11 aromatic carbocycles. The number of benzene rings is 11. The molecule has 0 fully saturated rings. The van der Waals surface area contributed by atoms with Gasteiger partial charge >= 0.3 is 0 Å². The van der Waals surface area contributed by atoms with Crippen LogP contribution in [0.3, 0.4) is 0 Å². The SMILES string of the molecule is Cc1c(-c2ccc3ccccc3c2)nc(-c2cccc3sc4ccccc4c23)nc1-c1ccc2c(sc3cc4ccccc4cc32)c1-n1c2cc3ccccc3cc2c2cc3ccccc3cc21. The maximum absolute atomic E-state index is 5.82. The Labute approximate surface area is 398 Å². The Bertz CT molecular complexity index is 4550. The van der Waals surface area contributed by atoms with E-state index in [1.54, 1.807) is 0 Å². The Morgan fingerprint density at radius 2 is 0.926 bits per heavy atom. The third-order valence-electron chi connectivity index (χ3n) is 14.3. The van der Waals surface area contributed by atoms with Gasteiger partial charge in [0, 0.05) is 68.7 Å². The minimum Gasteiger partial charge on any atom is -0.307 e. The molecule has 15 rings (SSSR count). The summed E-state index contributed by atoms with van der Waals surface area (Å²) in [6.07, 6.45) is 0. The molecule has 4 aromatic heterocycles. The molecule has 15 aromatic rings. The first kappa shape index (κ1) is 37.9. The molecule has 0 saturated heterocycles. The van der Waals surface area contributed by atoms with Crippen molar-refractivity contribution >= 4 is 128 Å². The summed E-state index contributed by atoms with van der Waals surface area (Å²) in [6, 6.07) is 76.0. The molecule has 0 amide bonds. The second kappa shape index (κ2) is 14.4. The minimum atomic E-state index is 0.718. The van der Waals surface area contributed by atoms with Crippen LogP contribution in [0.4, 0.5) is 0 Å². The molecule has 0 spiro atoms. The summed E-state index contributed by atoms with van der Waals surface area (Å²) in [6.45, 7) is 2.22. The first-order valence-corrected chi connectivity index (χ1v) is 24.8. The highest BCUT2D eigenvalue weighted by Crippen LogP contribution is 2.49. The molecule has 0 unspecified atom stereocenters. The van der Waals surface area contributed by atoms with Crippen molar-refractivity contribution in [3.05, 3.63) is 212 Å². The van der Waals surface area contributed by atoms with E-state index in [1.807, 2.05) is 22.7 Å². The Balaban J connectivity index is 1.12. The molecule has 0 atom stereocenters. The van der Waals surface area contributed by atoms with E-state index < -0.39 is 0 Å². The summed E-state index contributed by atoms with van der Waals surface area (Å²) >= 11 is 3.71. The van der Waals surface area contributed by atoms with E-state index in [4.69, 9.17) is 9.97 Å². The molecule has 0 saturated carbocycles. The number of nitrogens with zero attached hydrogens (tertiary/aromatic N) is 3. The first-order valence-electron chi connectivity index (χ1n) is 23.1. The lowest BCUT2D eigenvalue weighted by Crippen LogP contribution is -2.04. The lowest BCUT2D eigenvalue weighted by atomic mass is 9.96. The topological polar surface area (TPSA) is 30.7 Å². The number of hydrogen-bond donors (Lipinski definition) is 0. The molecule has 5 heteroatoms. The zero-order valence-electron chi connectivity index (χ0n) is 36.8. The highest BCUT2D eigenvalue weighted by atomic mass is 32.1. The largest absolute Gasteiger partial charge is 0.307 e. The van der Waals surface area contributed by atoms with Crippen LogP contribution in [0.25, 0.3) is 145 Å². The van der Waals surface area contributed by atoms with Crippen molar-refractivity contribution in [2.45, 2.75) is 6.92 Å². The van der Waals surface area contributed by atoms with Crippen molar-refractivity contribution in [1.82, 2.24) is 14.5 Å². The van der Waals surface area contributed by atoms with Crippen molar-refractivity contribution in [1.29, 1.82) is 0 Å². The van der Waals surface area contributed by atoms with Gasteiger partial charge in [0.1, 0.15) is 0 Å². The summed E-state index contributed by atoms with van der Waals surface area (Å²) in [5, 5.41) is 17.1. The molecule has 3 nitrogen and oxygen atoms in total. The summed E-state index contributed by atoms with van der Waals surface area (Å²) in [5.41, 5.74) is 9.53. The molecule has 316 valence electrons. The van der Waals surface area contributed by atoms with Crippen molar-refractivity contribution in [2.24, 2.45) is 0 Å². The average molecular weight is 900 g/mol. The van der Waals surface area contributed by atoms with Gasteiger partial charge in [-0.25, -0.2) is 9.97 Å². The third-order valence-corrected chi connectivity index (χ3v) is 16.6. The summed E-state index contributed by atoms with van der Waals surface area (Å²) in [4.78, 5) is 11.4. The van der Waals surface area contributed by atoms with Crippen molar-refractivity contribution in [3.8, 4) is 39.6 Å². The third kappa shape index (κ3) is 5.58. The number of rotatable bonds is 4. The van der Waals surface area contributed by atoms with Gasteiger partial charge in [-0.3, -0.25) is 0 Å². The molecule has 0 aliphatic rings. The van der Waals surface area contributed by atoms with E-state index >= 15 is 0 Å². The lowest BCUT2D eigenvalue weighted by molar-refractivity contribution is 1.14. The molecule has 0 aliphatic heterocycles. The Morgan fingerprint density at radius 1 is 0.368 bits per heavy atom. The van der Waals surface area contributed by atoms with Crippen LogP contribution in [0.1, 0.15) is 5.56 Å². The van der Waals surface area contributed by atoms with E-state index in [-0.39, 0.29) is 0 Å². The van der Waals surface area contributed by atoms with Gasteiger partial charge in [0.25, 0.3) is 0 Å². The van der Waals surface area contributed by atoms with Gasteiger partial charge in [0.05, 0.1) is 32.8 Å². The average Bonchev–Trinajstić information content (AvgIpc) is 4.05. The highest BCUT2D eigenvalue weighted by molar-refractivity contribution is 7.26. The number of thiophene rings is 2. The number of aromatic nitrogens is 3. The minimum absolute atomic E-state index is 0.718. The Morgan fingerprint density at radius 3 is 1.62 bits per heavy atom. The fourth-order valence-corrected chi connectivity index (χ4v) is 13.4. The van der Waals surface area contributed by atoms with Crippen LogP contribution in [0.2, 0.25) is 0 Å². The summed E-state index contributed by atoms with van der Waals surface area (Å²) in [7, 11) is 0. The predicted molar refractivity (Wildman–Crippen MR) is 293 cm³/mol. The quantitative estimate of drug-likeness (QED) is 0.176. The van der Waals surface area contributed by atoms with Crippen molar-refractivity contribution in [2.75, 3.05) is 0 Å². The van der Waals surface area contributed by atoms with E-state index in [9.17, 15) is 0 Å². The van der Waals surface area contributed by atoms with Crippen LogP contribution < -0.4 is 0 Å². The molecular weight excluding hydrogens is 863 g/mol. The smallest absolute Gasteiger partial charge is 0.161 e. The van der Waals surface area contributed by atoms with Gasteiger partial charge < -0.3 is 4.57 Å². The van der Waals surface area contributed by atoms with Gasteiger partial charge in [-0.2, -0.15) is 0 Å². The van der Waals surface area contributed by atoms with E-state index in [0.29, 0.717) is 0 Å². The lowest BCUT2D eigenvalue weighted by Gasteiger charge is -2.19.